The summed E-state index contributed by atoms with van der Waals surface area (Å²) < 4.78 is 5.10. The summed E-state index contributed by atoms with van der Waals surface area (Å²) in [6, 6.07) is 5.40. The minimum absolute atomic E-state index is 0. The van der Waals surface area contributed by atoms with Crippen molar-refractivity contribution in [3.63, 3.8) is 0 Å². The Kier molecular flexibility index (Phi) is 11.9. The van der Waals surface area contributed by atoms with E-state index in [1.165, 1.54) is 49.9 Å². The number of nitro groups is 1. The lowest BCUT2D eigenvalue weighted by Gasteiger charge is -2.06. The highest BCUT2D eigenvalue weighted by molar-refractivity contribution is 5.89. The van der Waals surface area contributed by atoms with Crippen molar-refractivity contribution in [2.24, 2.45) is 0 Å². The number of ether oxygens (including phenoxy) is 1. The molecule has 23 heavy (non-hydrogen) atoms. The van der Waals surface area contributed by atoms with Crippen LogP contribution in [0, 0.1) is 10.1 Å². The number of nitrogens with zero attached hydrogens (tertiary/aromatic N) is 1. The van der Waals surface area contributed by atoms with Crippen LogP contribution in [-0.4, -0.2) is 30.6 Å². The maximum atomic E-state index is 11.7. The van der Waals surface area contributed by atoms with Gasteiger partial charge in [-0.1, -0.05) is 32.6 Å². The van der Waals surface area contributed by atoms with Crippen molar-refractivity contribution in [3.05, 3.63) is 39.9 Å². The fourth-order valence-corrected chi connectivity index (χ4v) is 2.00. The summed E-state index contributed by atoms with van der Waals surface area (Å²) in [7, 11) is 0. The first-order valence-corrected chi connectivity index (χ1v) is 7.77. The fraction of sp³-hybridized carbons (Fsp3) is 0.562. The van der Waals surface area contributed by atoms with E-state index < -0.39 is 10.9 Å². The van der Waals surface area contributed by atoms with Crippen molar-refractivity contribution in [2.75, 3.05) is 19.7 Å². The van der Waals surface area contributed by atoms with Crippen LogP contribution in [0.1, 0.15) is 49.4 Å². The second-order valence-electron chi connectivity index (χ2n) is 5.10. The van der Waals surface area contributed by atoms with Crippen LogP contribution in [0.5, 0.6) is 0 Å². The Morgan fingerprint density at radius 2 is 1.78 bits per heavy atom. The molecule has 0 bridgehead atoms. The summed E-state index contributed by atoms with van der Waals surface area (Å²) in [6.45, 7) is 4.04. The van der Waals surface area contributed by atoms with Crippen molar-refractivity contribution in [3.8, 4) is 0 Å². The Labute approximate surface area is 143 Å². The molecule has 6 nitrogen and oxygen atoms in total. The minimum atomic E-state index is -0.500. The molecule has 0 fully saturated rings. The minimum Gasteiger partial charge on any atom is -0.461 e. The predicted molar refractivity (Wildman–Crippen MR) is 92.3 cm³/mol. The van der Waals surface area contributed by atoms with Gasteiger partial charge in [0.1, 0.15) is 6.61 Å². The number of unbranched alkanes of at least 4 members (excludes halogenated alkanes) is 4. The fourth-order valence-electron chi connectivity index (χ4n) is 2.00. The van der Waals surface area contributed by atoms with Crippen molar-refractivity contribution < 1.29 is 14.5 Å². The van der Waals surface area contributed by atoms with E-state index in [4.69, 9.17) is 4.74 Å². The first-order valence-electron chi connectivity index (χ1n) is 7.77. The van der Waals surface area contributed by atoms with Gasteiger partial charge in [0, 0.05) is 18.7 Å². The summed E-state index contributed by atoms with van der Waals surface area (Å²) in [5.74, 6) is -0.459. The maximum Gasteiger partial charge on any atom is 0.338 e. The van der Waals surface area contributed by atoms with Crippen molar-refractivity contribution in [1.82, 2.24) is 5.32 Å². The zero-order chi connectivity index (χ0) is 16.2. The largest absolute Gasteiger partial charge is 0.461 e. The molecule has 0 unspecified atom stereocenters. The highest BCUT2D eigenvalue weighted by atomic mass is 35.5. The third-order valence-corrected chi connectivity index (χ3v) is 3.28. The Morgan fingerprint density at radius 3 is 2.39 bits per heavy atom. The lowest BCUT2D eigenvalue weighted by Crippen LogP contribution is -2.22. The van der Waals surface area contributed by atoms with Gasteiger partial charge < -0.3 is 10.1 Å². The second-order valence-corrected chi connectivity index (χ2v) is 5.10. The average molecular weight is 345 g/mol. The molecule has 0 aliphatic carbocycles. The van der Waals surface area contributed by atoms with Crippen LogP contribution in [0.25, 0.3) is 0 Å². The summed E-state index contributed by atoms with van der Waals surface area (Å²) in [4.78, 5) is 21.7. The number of esters is 1. The quantitative estimate of drug-likeness (QED) is 0.286. The van der Waals surface area contributed by atoms with Gasteiger partial charge in [-0.05, 0) is 25.1 Å². The van der Waals surface area contributed by atoms with E-state index in [0.717, 1.165) is 13.0 Å². The van der Waals surface area contributed by atoms with Crippen molar-refractivity contribution in [1.29, 1.82) is 0 Å². The lowest BCUT2D eigenvalue weighted by atomic mass is 10.1. The molecule has 0 aliphatic rings. The normalized spacial score (nSPS) is 9.96. The van der Waals surface area contributed by atoms with Crippen LogP contribution in [0.15, 0.2) is 24.3 Å². The van der Waals surface area contributed by atoms with Gasteiger partial charge in [-0.3, -0.25) is 10.1 Å². The third-order valence-electron chi connectivity index (χ3n) is 3.28. The topological polar surface area (TPSA) is 81.5 Å². The molecule has 1 rings (SSSR count). The molecule has 1 N–H and O–H groups in total. The molecule has 0 aliphatic heterocycles. The number of carbonyl (C=O) groups excluding carboxylic acids is 1. The molecular weight excluding hydrogens is 320 g/mol. The summed E-state index contributed by atoms with van der Waals surface area (Å²) in [5, 5.41) is 13.7. The van der Waals surface area contributed by atoms with Crippen LogP contribution in [-0.2, 0) is 4.74 Å². The molecule has 0 saturated heterocycles. The van der Waals surface area contributed by atoms with Gasteiger partial charge in [0.05, 0.1) is 10.5 Å². The van der Waals surface area contributed by atoms with E-state index in [1.54, 1.807) is 0 Å². The molecule has 130 valence electrons. The number of halogens is 1. The van der Waals surface area contributed by atoms with Gasteiger partial charge in [0.25, 0.3) is 5.69 Å². The van der Waals surface area contributed by atoms with Crippen LogP contribution >= 0.6 is 12.4 Å². The van der Waals surface area contributed by atoms with Crippen LogP contribution < -0.4 is 5.32 Å². The number of non-ortho nitro benzene ring substituents is 1. The molecule has 1 aromatic rings. The van der Waals surface area contributed by atoms with Crippen LogP contribution in [0.4, 0.5) is 5.69 Å². The van der Waals surface area contributed by atoms with Crippen LogP contribution in [0.2, 0.25) is 0 Å². The molecule has 0 radical (unpaired) electrons. The molecule has 0 aromatic heterocycles. The lowest BCUT2D eigenvalue weighted by molar-refractivity contribution is -0.384. The standard InChI is InChI=1S/C16H24N2O4.ClH/c1-2-3-4-5-6-11-17-12-13-22-16(19)14-7-9-15(10-8-14)18(20)21;/h7-10,17H,2-6,11-13H2,1H3;1H. The first kappa shape index (κ1) is 21.3. The highest BCUT2D eigenvalue weighted by Gasteiger charge is 2.10. The predicted octanol–water partition coefficient (Wildman–Crippen LogP) is 3.73. The van der Waals surface area contributed by atoms with Gasteiger partial charge in [0.2, 0.25) is 0 Å². The number of nitrogens with one attached hydrogen (secondary N) is 1. The summed E-state index contributed by atoms with van der Waals surface area (Å²) in [5.41, 5.74) is 0.284. The van der Waals surface area contributed by atoms with E-state index in [1.807, 2.05) is 0 Å². The molecule has 0 heterocycles. The molecule has 7 heteroatoms. The van der Waals surface area contributed by atoms with E-state index in [2.05, 4.69) is 12.2 Å². The monoisotopic (exact) mass is 344 g/mol. The molecule has 0 atom stereocenters. The van der Waals surface area contributed by atoms with Gasteiger partial charge >= 0.3 is 5.97 Å². The van der Waals surface area contributed by atoms with Crippen LogP contribution in [0.3, 0.4) is 0 Å². The summed E-state index contributed by atoms with van der Waals surface area (Å²) in [6.07, 6.45) is 6.16. The van der Waals surface area contributed by atoms with Gasteiger partial charge in [-0.2, -0.15) is 0 Å². The zero-order valence-corrected chi connectivity index (χ0v) is 14.3. The van der Waals surface area contributed by atoms with E-state index in [0.29, 0.717) is 18.7 Å². The Bertz CT molecular complexity index is 466. The number of benzene rings is 1. The second kappa shape index (κ2) is 12.8. The number of carbonyl (C=O) groups is 1. The SMILES string of the molecule is CCCCCCCNCCOC(=O)c1ccc([N+](=O)[O-])cc1.Cl. The molecule has 0 spiro atoms. The number of rotatable bonds is 11. The molecule has 0 saturated carbocycles. The smallest absolute Gasteiger partial charge is 0.338 e. The Hall–Kier alpha value is -1.66. The average Bonchev–Trinajstić information content (AvgIpc) is 2.53. The Balaban J connectivity index is 0.00000484. The highest BCUT2D eigenvalue weighted by Crippen LogP contribution is 2.12. The summed E-state index contributed by atoms with van der Waals surface area (Å²) >= 11 is 0. The van der Waals surface area contributed by atoms with Gasteiger partial charge in [-0.25, -0.2) is 4.79 Å². The van der Waals surface area contributed by atoms with E-state index >= 15 is 0 Å². The maximum absolute atomic E-state index is 11.7. The molecular formula is C16H25ClN2O4. The Morgan fingerprint density at radius 1 is 1.13 bits per heavy atom. The third kappa shape index (κ3) is 9.15. The molecule has 1 aromatic carbocycles. The van der Waals surface area contributed by atoms with Gasteiger partial charge in [0.15, 0.2) is 0 Å². The number of nitro benzene ring substituents is 1. The van der Waals surface area contributed by atoms with E-state index in [-0.39, 0.29) is 18.1 Å². The van der Waals surface area contributed by atoms with Crippen molar-refractivity contribution in [2.45, 2.75) is 39.0 Å². The molecule has 0 amide bonds. The van der Waals surface area contributed by atoms with Crippen molar-refractivity contribution >= 4 is 24.1 Å². The first-order chi connectivity index (χ1) is 10.6. The number of hydrogen-bond donors (Lipinski definition) is 1. The van der Waals surface area contributed by atoms with E-state index in [9.17, 15) is 14.9 Å². The number of hydrogen-bond acceptors (Lipinski definition) is 5. The van der Waals surface area contributed by atoms with Gasteiger partial charge in [-0.15, -0.1) is 12.4 Å². The zero-order valence-electron chi connectivity index (χ0n) is 13.5.